The first-order valence-electron chi connectivity index (χ1n) is 11.0. The zero-order chi connectivity index (χ0) is 25.6. The molecule has 1 saturated heterocycles. The van der Waals surface area contributed by atoms with E-state index in [-0.39, 0.29) is 11.3 Å². The van der Waals surface area contributed by atoms with Gasteiger partial charge in [-0.25, -0.2) is 4.98 Å². The molecule has 4 aromatic rings. The van der Waals surface area contributed by atoms with Crippen molar-refractivity contribution in [2.24, 2.45) is 0 Å². The predicted molar refractivity (Wildman–Crippen MR) is 140 cm³/mol. The lowest BCUT2D eigenvalue weighted by Gasteiger charge is -2.23. The van der Waals surface area contributed by atoms with Gasteiger partial charge in [0.05, 0.1) is 36.1 Å². The number of anilines is 1. The van der Waals surface area contributed by atoms with Gasteiger partial charge in [0, 0.05) is 10.6 Å². The fourth-order valence-electron chi connectivity index (χ4n) is 4.29. The molecule has 1 aliphatic rings. The van der Waals surface area contributed by atoms with Crippen LogP contribution in [0.3, 0.4) is 0 Å². The minimum Gasteiger partial charge on any atom is -0.507 e. The summed E-state index contributed by atoms with van der Waals surface area (Å²) in [4.78, 5) is 32.7. The number of benzene rings is 3. The summed E-state index contributed by atoms with van der Waals surface area (Å²) in [5.41, 5.74) is 2.43. The molecule has 1 aromatic heterocycles. The molecular weight excluding hydrogens is 500 g/mol. The third kappa shape index (κ3) is 3.98. The summed E-state index contributed by atoms with van der Waals surface area (Å²) in [6.07, 6.45) is 0. The number of aliphatic hydroxyl groups excluding tert-OH is 1. The summed E-state index contributed by atoms with van der Waals surface area (Å²) in [5, 5.41) is 12.2. The van der Waals surface area contributed by atoms with Gasteiger partial charge < -0.3 is 14.6 Å². The third-order valence-electron chi connectivity index (χ3n) is 6.09. The fourth-order valence-corrected chi connectivity index (χ4v) is 5.44. The Morgan fingerprint density at radius 1 is 1.03 bits per heavy atom. The fraction of sp³-hybridized carbons (Fsp3) is 0.148. The molecule has 0 aliphatic carbocycles. The Morgan fingerprint density at radius 2 is 1.78 bits per heavy atom. The number of carbonyl (C=O) groups is 2. The molecule has 1 amide bonds. The van der Waals surface area contributed by atoms with E-state index in [0.717, 1.165) is 10.3 Å². The zero-order valence-corrected chi connectivity index (χ0v) is 21.2. The molecule has 7 nitrogen and oxygen atoms in total. The van der Waals surface area contributed by atoms with Crippen LogP contribution in [0.15, 0.2) is 66.2 Å². The lowest BCUT2D eigenvalue weighted by molar-refractivity contribution is -0.132. The van der Waals surface area contributed by atoms with Crippen molar-refractivity contribution in [2.75, 3.05) is 19.1 Å². The van der Waals surface area contributed by atoms with E-state index in [9.17, 15) is 14.7 Å². The first-order chi connectivity index (χ1) is 17.3. The predicted octanol–water partition coefficient (Wildman–Crippen LogP) is 5.90. The van der Waals surface area contributed by atoms with E-state index in [1.807, 2.05) is 13.0 Å². The monoisotopic (exact) mass is 520 g/mol. The number of amides is 1. The van der Waals surface area contributed by atoms with Crippen molar-refractivity contribution in [1.29, 1.82) is 0 Å². The maximum absolute atomic E-state index is 13.4. The number of fused-ring (bicyclic) bond motifs is 1. The third-order valence-corrected chi connectivity index (χ3v) is 7.36. The number of ketones is 1. The Kier molecular flexibility index (Phi) is 6.15. The van der Waals surface area contributed by atoms with E-state index in [0.29, 0.717) is 38.3 Å². The lowest BCUT2D eigenvalue weighted by Crippen LogP contribution is -2.29. The molecule has 1 fully saturated rings. The maximum Gasteiger partial charge on any atom is 0.301 e. The number of ether oxygens (including phenoxy) is 2. The first kappa shape index (κ1) is 23.8. The summed E-state index contributed by atoms with van der Waals surface area (Å²) in [6, 6.07) is 16.4. The van der Waals surface area contributed by atoms with E-state index in [1.54, 1.807) is 68.8 Å². The molecule has 1 N–H and O–H groups in total. The number of Topliss-reactive ketones (excluding diaryl/α,β-unsaturated/α-hetero) is 1. The molecule has 5 rings (SSSR count). The Bertz CT molecular complexity index is 1540. The van der Waals surface area contributed by atoms with Crippen LogP contribution in [0.2, 0.25) is 5.02 Å². The second-order valence-electron chi connectivity index (χ2n) is 8.24. The Labute approximate surface area is 216 Å². The average Bonchev–Trinajstić information content (AvgIpc) is 3.41. The molecule has 0 unspecified atom stereocenters. The van der Waals surface area contributed by atoms with E-state index in [1.165, 1.54) is 16.2 Å². The highest BCUT2D eigenvalue weighted by Crippen LogP contribution is 2.45. The maximum atomic E-state index is 13.4. The number of carbonyl (C=O) groups excluding carboxylic acids is 2. The number of thiazole rings is 1. The Hall–Kier alpha value is -3.88. The number of nitrogens with zero attached hydrogens (tertiary/aromatic N) is 2. The topological polar surface area (TPSA) is 89.0 Å². The standard InChI is InChI=1S/C27H21ClN2O5S/c1-14-12-16(6-11-20(14)35-3)24(31)22-23(15-4-7-17(28)8-5-15)30(26(33)25(22)32)27-29-19-10-9-18(34-2)13-21(19)36-27/h4-13,23,31H,1-3H3/t23-/m0/s1. The molecule has 182 valence electrons. The first-order valence-corrected chi connectivity index (χ1v) is 12.2. The van der Waals surface area contributed by atoms with Crippen LogP contribution < -0.4 is 14.4 Å². The number of halogens is 1. The van der Waals surface area contributed by atoms with Crippen molar-refractivity contribution in [3.63, 3.8) is 0 Å². The van der Waals surface area contributed by atoms with Crippen LogP contribution >= 0.6 is 22.9 Å². The Balaban J connectivity index is 1.71. The summed E-state index contributed by atoms with van der Waals surface area (Å²) < 4.78 is 11.4. The number of rotatable bonds is 5. The van der Waals surface area contributed by atoms with Crippen LogP contribution in [-0.2, 0) is 9.59 Å². The number of aryl methyl sites for hydroxylation is 1. The Morgan fingerprint density at radius 3 is 2.44 bits per heavy atom. The van der Waals surface area contributed by atoms with Crippen LogP contribution in [0.4, 0.5) is 5.13 Å². The van der Waals surface area contributed by atoms with Gasteiger partial charge in [-0.05, 0) is 66.6 Å². The number of aliphatic hydroxyl groups is 1. The highest BCUT2D eigenvalue weighted by molar-refractivity contribution is 7.22. The smallest absolute Gasteiger partial charge is 0.301 e. The van der Waals surface area contributed by atoms with Crippen molar-refractivity contribution in [3.8, 4) is 11.5 Å². The number of hydrogen-bond acceptors (Lipinski definition) is 7. The summed E-state index contributed by atoms with van der Waals surface area (Å²) in [6.45, 7) is 1.83. The quantitative estimate of drug-likeness (QED) is 0.200. The van der Waals surface area contributed by atoms with Crippen molar-refractivity contribution in [3.05, 3.63) is 87.9 Å². The summed E-state index contributed by atoms with van der Waals surface area (Å²) in [5.74, 6) is -0.537. The van der Waals surface area contributed by atoms with Gasteiger partial charge in [0.1, 0.15) is 17.3 Å². The lowest BCUT2D eigenvalue weighted by atomic mass is 9.95. The van der Waals surface area contributed by atoms with Gasteiger partial charge in [0.25, 0.3) is 5.78 Å². The molecular formula is C27H21ClN2O5S. The molecule has 1 aliphatic heterocycles. The highest BCUT2D eigenvalue weighted by atomic mass is 35.5. The van der Waals surface area contributed by atoms with E-state index in [2.05, 4.69) is 4.98 Å². The van der Waals surface area contributed by atoms with Crippen LogP contribution in [-0.4, -0.2) is 36.0 Å². The zero-order valence-electron chi connectivity index (χ0n) is 19.6. The molecule has 0 saturated carbocycles. The van der Waals surface area contributed by atoms with Crippen molar-refractivity contribution < 1.29 is 24.2 Å². The normalized spacial score (nSPS) is 17.1. The van der Waals surface area contributed by atoms with Crippen LogP contribution in [0.1, 0.15) is 22.7 Å². The second kappa shape index (κ2) is 9.29. The number of aromatic nitrogens is 1. The molecule has 9 heteroatoms. The van der Waals surface area contributed by atoms with Crippen LogP contribution in [0.25, 0.3) is 16.0 Å². The molecule has 1 atom stereocenters. The largest absolute Gasteiger partial charge is 0.507 e. The molecule has 0 radical (unpaired) electrons. The van der Waals surface area contributed by atoms with Gasteiger partial charge in [0.2, 0.25) is 0 Å². The highest BCUT2D eigenvalue weighted by Gasteiger charge is 2.48. The number of methoxy groups -OCH3 is 2. The van der Waals surface area contributed by atoms with Crippen LogP contribution in [0.5, 0.6) is 11.5 Å². The van der Waals surface area contributed by atoms with Crippen molar-refractivity contribution in [2.45, 2.75) is 13.0 Å². The molecule has 3 aromatic carbocycles. The van der Waals surface area contributed by atoms with Crippen molar-refractivity contribution >= 4 is 55.7 Å². The summed E-state index contributed by atoms with van der Waals surface area (Å²) in [7, 11) is 3.13. The van der Waals surface area contributed by atoms with Gasteiger partial charge in [-0.2, -0.15) is 0 Å². The average molecular weight is 521 g/mol. The SMILES string of the molecule is COc1ccc2nc(N3C(=O)C(=O)C(=C(O)c4ccc(OC)c(C)c4)[C@@H]3c3ccc(Cl)cc3)sc2c1. The van der Waals surface area contributed by atoms with Gasteiger partial charge in [-0.3, -0.25) is 14.5 Å². The van der Waals surface area contributed by atoms with Gasteiger partial charge in [0.15, 0.2) is 5.13 Å². The minimum atomic E-state index is -0.896. The van der Waals surface area contributed by atoms with Gasteiger partial charge >= 0.3 is 5.91 Å². The van der Waals surface area contributed by atoms with E-state index >= 15 is 0 Å². The molecule has 36 heavy (non-hydrogen) atoms. The second-order valence-corrected chi connectivity index (χ2v) is 9.68. The minimum absolute atomic E-state index is 0.0243. The van der Waals surface area contributed by atoms with E-state index in [4.69, 9.17) is 21.1 Å². The molecule has 0 spiro atoms. The van der Waals surface area contributed by atoms with Crippen LogP contribution in [0, 0.1) is 6.92 Å². The van der Waals surface area contributed by atoms with Gasteiger partial charge in [-0.15, -0.1) is 0 Å². The van der Waals surface area contributed by atoms with E-state index < -0.39 is 17.7 Å². The molecule has 2 heterocycles. The van der Waals surface area contributed by atoms with Crippen molar-refractivity contribution in [1.82, 2.24) is 4.98 Å². The summed E-state index contributed by atoms with van der Waals surface area (Å²) >= 11 is 7.37. The molecule has 0 bridgehead atoms. The van der Waals surface area contributed by atoms with Gasteiger partial charge in [-0.1, -0.05) is 35.1 Å². The number of hydrogen-bond donors (Lipinski definition) is 1.